The first-order valence-corrected chi connectivity index (χ1v) is 9.00. The summed E-state index contributed by atoms with van der Waals surface area (Å²) in [7, 11) is 0. The zero-order valence-electron chi connectivity index (χ0n) is 13.3. The molecule has 3 rings (SSSR count). The lowest BCUT2D eigenvalue weighted by Gasteiger charge is -2.12. The summed E-state index contributed by atoms with van der Waals surface area (Å²) in [6, 6.07) is 23.3. The molecule has 0 atom stereocenters. The predicted octanol–water partition coefficient (Wildman–Crippen LogP) is 4.83. The molecule has 4 heteroatoms. The Labute approximate surface area is 151 Å². The van der Waals surface area contributed by atoms with Gasteiger partial charge in [-0.3, -0.25) is 4.79 Å². The molecule has 0 unspecified atom stereocenters. The third kappa shape index (κ3) is 5.60. The summed E-state index contributed by atoms with van der Waals surface area (Å²) in [5.74, 6) is -0.371. The SMILES string of the molecule is NCCc1cccs1.O=C(Cl)C(c1ccccc1)c1ccccc1. The van der Waals surface area contributed by atoms with E-state index in [4.69, 9.17) is 17.3 Å². The van der Waals surface area contributed by atoms with Crippen molar-refractivity contribution in [3.8, 4) is 0 Å². The van der Waals surface area contributed by atoms with Crippen LogP contribution in [0.4, 0.5) is 0 Å². The number of thiophene rings is 1. The van der Waals surface area contributed by atoms with Crippen molar-refractivity contribution in [3.63, 3.8) is 0 Å². The third-order valence-electron chi connectivity index (χ3n) is 3.46. The Balaban J connectivity index is 0.000000219. The summed E-state index contributed by atoms with van der Waals surface area (Å²) in [5, 5.41) is 1.72. The van der Waals surface area contributed by atoms with E-state index >= 15 is 0 Å². The van der Waals surface area contributed by atoms with Crippen LogP contribution >= 0.6 is 22.9 Å². The van der Waals surface area contributed by atoms with Crippen molar-refractivity contribution in [2.75, 3.05) is 6.54 Å². The van der Waals surface area contributed by atoms with Gasteiger partial charge in [0.1, 0.15) is 0 Å². The topological polar surface area (TPSA) is 43.1 Å². The van der Waals surface area contributed by atoms with Crippen LogP contribution < -0.4 is 5.73 Å². The lowest BCUT2D eigenvalue weighted by molar-refractivity contribution is -0.112. The highest BCUT2D eigenvalue weighted by Crippen LogP contribution is 2.26. The minimum atomic E-state index is -0.371. The first kappa shape index (κ1) is 18.4. The van der Waals surface area contributed by atoms with Crippen LogP contribution in [0, 0.1) is 0 Å². The second-order valence-electron chi connectivity index (χ2n) is 5.18. The first-order chi connectivity index (χ1) is 11.7. The second-order valence-corrected chi connectivity index (χ2v) is 6.58. The lowest BCUT2D eigenvalue weighted by Crippen LogP contribution is -2.08. The zero-order valence-corrected chi connectivity index (χ0v) is 14.8. The van der Waals surface area contributed by atoms with Gasteiger partial charge in [-0.15, -0.1) is 11.3 Å². The van der Waals surface area contributed by atoms with E-state index in [-0.39, 0.29) is 11.2 Å². The fourth-order valence-electron chi connectivity index (χ4n) is 2.34. The fourth-order valence-corrected chi connectivity index (χ4v) is 3.32. The molecule has 0 aliphatic carbocycles. The van der Waals surface area contributed by atoms with E-state index in [1.165, 1.54) is 4.88 Å². The Morgan fingerprint density at radius 2 is 1.46 bits per heavy atom. The molecule has 3 aromatic rings. The second kappa shape index (κ2) is 10.0. The van der Waals surface area contributed by atoms with Crippen LogP contribution in [0.2, 0.25) is 0 Å². The standard InChI is InChI=1S/C14H11ClO.C6H9NS/c15-14(16)13(11-7-3-1-4-8-11)12-9-5-2-6-10-12;7-4-3-6-2-1-5-8-6/h1-10,13H;1-2,5H,3-4,7H2. The number of carbonyl (C=O) groups excluding carboxylic acids is 1. The molecule has 0 spiro atoms. The maximum absolute atomic E-state index is 11.5. The molecule has 24 heavy (non-hydrogen) atoms. The number of carbonyl (C=O) groups is 1. The van der Waals surface area contributed by atoms with Gasteiger partial charge in [0.2, 0.25) is 5.24 Å². The van der Waals surface area contributed by atoms with E-state index in [1.54, 1.807) is 11.3 Å². The number of hydrogen-bond acceptors (Lipinski definition) is 3. The smallest absolute Gasteiger partial charge is 0.233 e. The van der Waals surface area contributed by atoms with Crippen molar-refractivity contribution < 1.29 is 4.79 Å². The molecule has 2 aromatic carbocycles. The molecule has 0 saturated heterocycles. The summed E-state index contributed by atoms with van der Waals surface area (Å²) in [6.07, 6.45) is 1.03. The molecule has 2 nitrogen and oxygen atoms in total. The fraction of sp³-hybridized carbons (Fsp3) is 0.150. The quantitative estimate of drug-likeness (QED) is 0.664. The Bertz CT molecular complexity index is 674. The maximum Gasteiger partial charge on any atom is 0.233 e. The molecule has 0 aliphatic rings. The van der Waals surface area contributed by atoms with Gasteiger partial charge < -0.3 is 5.73 Å². The van der Waals surface area contributed by atoms with E-state index in [1.807, 2.05) is 60.7 Å². The van der Waals surface area contributed by atoms with E-state index < -0.39 is 0 Å². The number of hydrogen-bond donors (Lipinski definition) is 1. The summed E-state index contributed by atoms with van der Waals surface area (Å²) in [4.78, 5) is 12.9. The molecule has 1 aromatic heterocycles. The summed E-state index contributed by atoms with van der Waals surface area (Å²) in [6.45, 7) is 0.764. The average molecular weight is 358 g/mol. The number of nitrogens with two attached hydrogens (primary N) is 1. The highest BCUT2D eigenvalue weighted by molar-refractivity contribution is 7.09. The Hall–Kier alpha value is -1.94. The molecule has 0 saturated carbocycles. The monoisotopic (exact) mass is 357 g/mol. The number of benzene rings is 2. The van der Waals surface area contributed by atoms with Gasteiger partial charge in [-0.1, -0.05) is 66.7 Å². The van der Waals surface area contributed by atoms with Crippen molar-refractivity contribution in [3.05, 3.63) is 94.2 Å². The zero-order chi connectivity index (χ0) is 17.2. The maximum atomic E-state index is 11.5. The van der Waals surface area contributed by atoms with Crippen LogP contribution in [0.15, 0.2) is 78.2 Å². The van der Waals surface area contributed by atoms with E-state index in [0.29, 0.717) is 0 Å². The van der Waals surface area contributed by atoms with Crippen LogP contribution in [0.25, 0.3) is 0 Å². The van der Waals surface area contributed by atoms with Gasteiger partial charge in [0.15, 0.2) is 0 Å². The van der Waals surface area contributed by atoms with E-state index in [2.05, 4.69) is 17.5 Å². The molecule has 1 heterocycles. The highest BCUT2D eigenvalue weighted by atomic mass is 35.5. The van der Waals surface area contributed by atoms with Crippen LogP contribution in [0.1, 0.15) is 21.9 Å². The number of halogens is 1. The molecule has 0 aliphatic heterocycles. The molecule has 0 bridgehead atoms. The minimum absolute atomic E-state index is 0.350. The van der Waals surface area contributed by atoms with Gasteiger partial charge in [0, 0.05) is 4.88 Å². The van der Waals surface area contributed by atoms with Gasteiger partial charge in [-0.25, -0.2) is 0 Å². The van der Waals surface area contributed by atoms with Gasteiger partial charge in [0.05, 0.1) is 5.92 Å². The van der Waals surface area contributed by atoms with Crippen LogP contribution in [0.3, 0.4) is 0 Å². The summed E-state index contributed by atoms with van der Waals surface area (Å²) >= 11 is 7.44. The van der Waals surface area contributed by atoms with Crippen molar-refractivity contribution in [1.82, 2.24) is 0 Å². The normalized spacial score (nSPS) is 10.1. The lowest BCUT2D eigenvalue weighted by atomic mass is 9.93. The van der Waals surface area contributed by atoms with E-state index in [9.17, 15) is 4.79 Å². The van der Waals surface area contributed by atoms with Crippen LogP contribution in [-0.2, 0) is 11.2 Å². The van der Waals surface area contributed by atoms with E-state index in [0.717, 1.165) is 24.1 Å². The number of rotatable bonds is 5. The van der Waals surface area contributed by atoms with Crippen LogP contribution in [0.5, 0.6) is 0 Å². The minimum Gasteiger partial charge on any atom is -0.330 e. The summed E-state index contributed by atoms with van der Waals surface area (Å²) < 4.78 is 0. The van der Waals surface area contributed by atoms with Crippen molar-refractivity contribution in [1.29, 1.82) is 0 Å². The van der Waals surface area contributed by atoms with Gasteiger partial charge in [-0.05, 0) is 47.1 Å². The molecular weight excluding hydrogens is 338 g/mol. The van der Waals surface area contributed by atoms with Crippen LogP contribution in [-0.4, -0.2) is 11.8 Å². The Kier molecular flexibility index (Phi) is 7.69. The predicted molar refractivity (Wildman–Crippen MR) is 103 cm³/mol. The average Bonchev–Trinajstić information content (AvgIpc) is 3.11. The Morgan fingerprint density at radius 1 is 0.917 bits per heavy atom. The third-order valence-corrected chi connectivity index (χ3v) is 4.62. The van der Waals surface area contributed by atoms with Crippen molar-refractivity contribution in [2.45, 2.75) is 12.3 Å². The Morgan fingerprint density at radius 3 is 1.83 bits per heavy atom. The largest absolute Gasteiger partial charge is 0.330 e. The summed E-state index contributed by atoms with van der Waals surface area (Å²) in [5.41, 5.74) is 7.18. The van der Waals surface area contributed by atoms with Crippen molar-refractivity contribution >= 4 is 28.2 Å². The molecule has 0 amide bonds. The van der Waals surface area contributed by atoms with Crippen molar-refractivity contribution in [2.24, 2.45) is 5.73 Å². The first-order valence-electron chi connectivity index (χ1n) is 7.74. The van der Waals surface area contributed by atoms with Gasteiger partial charge >= 0.3 is 0 Å². The molecule has 0 radical (unpaired) electrons. The highest BCUT2D eigenvalue weighted by Gasteiger charge is 2.19. The molecular formula is C20H20ClNOS. The molecule has 124 valence electrons. The van der Waals surface area contributed by atoms with Gasteiger partial charge in [0.25, 0.3) is 0 Å². The molecule has 0 fully saturated rings. The van der Waals surface area contributed by atoms with Gasteiger partial charge in [-0.2, -0.15) is 0 Å². The molecule has 2 N–H and O–H groups in total.